The van der Waals surface area contributed by atoms with Gasteiger partial charge in [0.1, 0.15) is 23.5 Å². The van der Waals surface area contributed by atoms with Crippen molar-refractivity contribution < 1.29 is 14.6 Å². The average Bonchev–Trinajstić information content (AvgIpc) is 3.06. The number of anilines is 1. The maximum absolute atomic E-state index is 11.7. The minimum absolute atomic E-state index is 0.0900. The number of rotatable bonds is 8. The molecule has 2 N–H and O–H groups in total. The number of ether oxygens (including phenoxy) is 1. The molecule has 2 heterocycles. The summed E-state index contributed by atoms with van der Waals surface area (Å²) in [6.45, 7) is 5.06. The monoisotopic (exact) mass is 470 g/mol. The van der Waals surface area contributed by atoms with Crippen LogP contribution in [0.4, 0.5) is 5.82 Å². The fraction of sp³-hybridized carbons (Fsp3) is 0.321. The summed E-state index contributed by atoms with van der Waals surface area (Å²) < 4.78 is 8.23. The highest BCUT2D eigenvalue weighted by Crippen LogP contribution is 2.32. The average molecular weight is 471 g/mol. The first-order valence-corrected chi connectivity index (χ1v) is 12.1. The number of nitrogens with one attached hydrogen (secondary N) is 1. The number of aryl methyl sites for hydroxylation is 2. The number of nitrogens with zero attached hydrogens (tertiary/aromatic N) is 3. The molecule has 35 heavy (non-hydrogen) atoms. The molecule has 1 aliphatic carbocycles. The normalized spacial score (nSPS) is 13.6. The first-order valence-electron chi connectivity index (χ1n) is 12.1. The van der Waals surface area contributed by atoms with Crippen LogP contribution in [0.15, 0.2) is 48.8 Å². The van der Waals surface area contributed by atoms with E-state index in [0.717, 1.165) is 43.6 Å². The van der Waals surface area contributed by atoms with Gasteiger partial charge < -0.3 is 19.7 Å². The predicted octanol–water partition coefficient (Wildman–Crippen LogP) is 5.54. The van der Waals surface area contributed by atoms with E-state index in [2.05, 4.69) is 58.9 Å². The van der Waals surface area contributed by atoms with Crippen LogP contribution in [0.2, 0.25) is 0 Å². The summed E-state index contributed by atoms with van der Waals surface area (Å²) in [7, 11) is 2.12. The third-order valence-corrected chi connectivity index (χ3v) is 7.13. The molecule has 0 spiro atoms. The lowest BCUT2D eigenvalue weighted by Crippen LogP contribution is -2.25. The third-order valence-electron chi connectivity index (χ3n) is 7.13. The van der Waals surface area contributed by atoms with Crippen molar-refractivity contribution in [2.75, 3.05) is 11.9 Å². The summed E-state index contributed by atoms with van der Waals surface area (Å²) in [5.74, 6) is 0.133. The van der Waals surface area contributed by atoms with E-state index in [-0.39, 0.29) is 11.7 Å². The molecule has 7 nitrogen and oxygen atoms in total. The van der Waals surface area contributed by atoms with Gasteiger partial charge in [0.2, 0.25) is 0 Å². The zero-order valence-electron chi connectivity index (χ0n) is 20.3. The van der Waals surface area contributed by atoms with Gasteiger partial charge in [0, 0.05) is 36.3 Å². The van der Waals surface area contributed by atoms with Gasteiger partial charge in [-0.05, 0) is 62.8 Å². The van der Waals surface area contributed by atoms with E-state index in [0.29, 0.717) is 11.4 Å². The maximum atomic E-state index is 11.7. The zero-order chi connectivity index (χ0) is 24.5. The predicted molar refractivity (Wildman–Crippen MR) is 137 cm³/mol. The molecule has 7 heteroatoms. The van der Waals surface area contributed by atoms with E-state index in [1.165, 1.54) is 34.1 Å². The molecular weight excluding hydrogens is 440 g/mol. The Labute approximate surface area is 204 Å². The third kappa shape index (κ3) is 4.46. The van der Waals surface area contributed by atoms with Gasteiger partial charge >= 0.3 is 5.97 Å². The van der Waals surface area contributed by atoms with Crippen molar-refractivity contribution in [2.24, 2.45) is 7.05 Å². The van der Waals surface area contributed by atoms with Gasteiger partial charge in [0.05, 0.1) is 17.3 Å². The number of carbonyl (C=O) groups is 1. The summed E-state index contributed by atoms with van der Waals surface area (Å²) >= 11 is 0. The molecule has 0 bridgehead atoms. The molecule has 0 radical (unpaired) electrons. The van der Waals surface area contributed by atoms with Gasteiger partial charge in [0.25, 0.3) is 0 Å². The second kappa shape index (κ2) is 9.41. The van der Waals surface area contributed by atoms with Crippen LogP contribution in [0.5, 0.6) is 5.75 Å². The molecule has 1 aliphatic rings. The molecule has 2 aromatic carbocycles. The molecular formula is C28H30N4O3. The van der Waals surface area contributed by atoms with Gasteiger partial charge in [-0.15, -0.1) is 0 Å². The summed E-state index contributed by atoms with van der Waals surface area (Å²) in [5, 5.41) is 14.3. The number of para-hydroxylation sites is 1. The Morgan fingerprint density at radius 1 is 1.17 bits per heavy atom. The van der Waals surface area contributed by atoms with Gasteiger partial charge in [-0.3, -0.25) is 0 Å². The summed E-state index contributed by atoms with van der Waals surface area (Å²) in [4.78, 5) is 20.4. The van der Waals surface area contributed by atoms with Crippen LogP contribution in [0.3, 0.4) is 0 Å². The Kier molecular flexibility index (Phi) is 6.16. The van der Waals surface area contributed by atoms with Crippen molar-refractivity contribution in [3.63, 3.8) is 0 Å². The quantitative estimate of drug-likeness (QED) is 0.352. The van der Waals surface area contributed by atoms with E-state index in [1.807, 2.05) is 6.07 Å². The fourth-order valence-electron chi connectivity index (χ4n) is 4.67. The van der Waals surface area contributed by atoms with Crippen molar-refractivity contribution in [3.8, 4) is 17.0 Å². The van der Waals surface area contributed by atoms with Gasteiger partial charge in [-0.2, -0.15) is 0 Å². The Morgan fingerprint density at radius 3 is 2.74 bits per heavy atom. The van der Waals surface area contributed by atoms with E-state index in [1.54, 1.807) is 18.2 Å². The molecule has 1 fully saturated rings. The van der Waals surface area contributed by atoms with Crippen LogP contribution >= 0.6 is 0 Å². The largest absolute Gasteiger partial charge is 0.490 e. The van der Waals surface area contributed by atoms with Crippen LogP contribution in [-0.2, 0) is 13.5 Å². The number of aromatic carboxylic acids is 1. The first kappa shape index (κ1) is 22.9. The lowest BCUT2D eigenvalue weighted by atomic mass is 9.96. The Balaban J connectivity index is 1.33. The number of carboxylic acids is 1. The van der Waals surface area contributed by atoms with Crippen molar-refractivity contribution in [3.05, 3.63) is 71.2 Å². The number of fused-ring (bicyclic) bond motifs is 1. The first-order chi connectivity index (χ1) is 16.9. The minimum Gasteiger partial charge on any atom is -0.490 e. The van der Waals surface area contributed by atoms with Crippen LogP contribution < -0.4 is 10.1 Å². The Morgan fingerprint density at radius 2 is 2.00 bits per heavy atom. The van der Waals surface area contributed by atoms with E-state index >= 15 is 0 Å². The highest BCUT2D eigenvalue weighted by Gasteiger charge is 2.22. The molecule has 0 saturated heterocycles. The molecule has 0 aliphatic heterocycles. The van der Waals surface area contributed by atoms with E-state index < -0.39 is 5.97 Å². The van der Waals surface area contributed by atoms with Crippen molar-refractivity contribution in [2.45, 2.75) is 45.6 Å². The van der Waals surface area contributed by atoms with Gasteiger partial charge in [0.15, 0.2) is 0 Å². The number of benzene rings is 2. The molecule has 0 unspecified atom stereocenters. The maximum Gasteiger partial charge on any atom is 0.339 e. The van der Waals surface area contributed by atoms with Crippen molar-refractivity contribution in [1.29, 1.82) is 0 Å². The molecule has 1 saturated carbocycles. The second-order valence-electron chi connectivity index (χ2n) is 9.23. The van der Waals surface area contributed by atoms with Crippen molar-refractivity contribution in [1.82, 2.24) is 14.5 Å². The highest BCUT2D eigenvalue weighted by atomic mass is 16.5. The second-order valence-corrected chi connectivity index (χ2v) is 9.23. The number of hydrogen-bond acceptors (Lipinski definition) is 5. The molecule has 0 atom stereocenters. The van der Waals surface area contributed by atoms with Crippen LogP contribution in [0.25, 0.3) is 22.2 Å². The van der Waals surface area contributed by atoms with Crippen LogP contribution in [-0.4, -0.2) is 38.3 Å². The number of carboxylic acid groups (broad SMARTS) is 1. The highest BCUT2D eigenvalue weighted by molar-refractivity contribution is 5.92. The minimum atomic E-state index is -0.991. The summed E-state index contributed by atoms with van der Waals surface area (Å²) in [5.41, 5.74) is 6.88. The molecule has 0 amide bonds. The van der Waals surface area contributed by atoms with Crippen molar-refractivity contribution >= 4 is 22.7 Å². The standard InChI is InChI=1S/C28H30N4O3/c1-17-18(2)32(3)27-19(6-4-9-22(17)27)12-13-29-26-15-24(30-16-31-26)20-10-11-23(28(33)34)25(14-20)35-21-7-5-8-21/h4,6,9-11,14-16,21H,5,7-8,12-13H2,1-3H3,(H,33,34)(H,29,30,31). The summed E-state index contributed by atoms with van der Waals surface area (Å²) in [6.07, 6.45) is 5.51. The number of aromatic nitrogens is 3. The summed E-state index contributed by atoms with van der Waals surface area (Å²) in [6, 6.07) is 13.5. The molecule has 4 aromatic rings. The molecule has 180 valence electrons. The lowest BCUT2D eigenvalue weighted by Gasteiger charge is -2.27. The fourth-order valence-corrected chi connectivity index (χ4v) is 4.67. The zero-order valence-corrected chi connectivity index (χ0v) is 20.3. The number of hydrogen-bond donors (Lipinski definition) is 2. The van der Waals surface area contributed by atoms with Gasteiger partial charge in [-0.1, -0.05) is 24.3 Å². The SMILES string of the molecule is Cc1c(C)n(C)c2c(CCNc3cc(-c4ccc(C(=O)O)c(OC5CCC5)c4)ncn3)cccc12. The topological polar surface area (TPSA) is 89.3 Å². The van der Waals surface area contributed by atoms with E-state index in [9.17, 15) is 9.90 Å². The Hall–Kier alpha value is -3.87. The van der Waals surface area contributed by atoms with Crippen LogP contribution in [0.1, 0.15) is 46.4 Å². The molecule has 5 rings (SSSR count). The Bertz CT molecular complexity index is 1410. The van der Waals surface area contributed by atoms with E-state index in [4.69, 9.17) is 4.74 Å². The van der Waals surface area contributed by atoms with Crippen LogP contribution in [0, 0.1) is 13.8 Å². The lowest BCUT2D eigenvalue weighted by molar-refractivity contribution is 0.0680. The van der Waals surface area contributed by atoms with Gasteiger partial charge in [-0.25, -0.2) is 14.8 Å². The smallest absolute Gasteiger partial charge is 0.339 e. The molecule has 2 aromatic heterocycles.